The molecule has 1 heterocycles. The number of rotatable bonds is 2. The Morgan fingerprint density at radius 1 is 1.42 bits per heavy atom. The second-order valence-electron chi connectivity index (χ2n) is 4.50. The SMILES string of the molecule is CN(C(=O)c1cccc(Cl)c1F)C1CCNCC1.Cl. The largest absolute Gasteiger partial charge is 0.339 e. The monoisotopic (exact) mass is 306 g/mol. The zero-order chi connectivity index (χ0) is 13.1. The number of benzene rings is 1. The molecular weight excluding hydrogens is 290 g/mol. The minimum absolute atomic E-state index is 0. The standard InChI is InChI=1S/C13H16ClFN2O.ClH/c1-17(9-5-7-16-8-6-9)13(18)10-3-2-4-11(14)12(10)15;/h2-4,9,16H,5-8H2,1H3;1H. The lowest BCUT2D eigenvalue weighted by atomic mass is 10.0. The van der Waals surface area contributed by atoms with Crippen LogP contribution in [-0.4, -0.2) is 37.0 Å². The number of carbonyl (C=O) groups is 1. The number of hydrogen-bond donors (Lipinski definition) is 1. The predicted octanol–water partition coefficient (Wildman–Crippen LogP) is 2.72. The highest BCUT2D eigenvalue weighted by Crippen LogP contribution is 2.21. The van der Waals surface area contributed by atoms with Gasteiger partial charge in [0.25, 0.3) is 5.91 Å². The van der Waals surface area contributed by atoms with Crippen LogP contribution in [0.1, 0.15) is 23.2 Å². The molecular formula is C13H17Cl2FN2O. The molecule has 0 bridgehead atoms. The number of piperidine rings is 1. The van der Waals surface area contributed by atoms with Crippen LogP contribution in [0.3, 0.4) is 0 Å². The summed E-state index contributed by atoms with van der Waals surface area (Å²) >= 11 is 5.69. The number of amides is 1. The van der Waals surface area contributed by atoms with Crippen LogP contribution in [0.5, 0.6) is 0 Å². The van der Waals surface area contributed by atoms with Crippen molar-refractivity contribution >= 4 is 29.9 Å². The minimum Gasteiger partial charge on any atom is -0.339 e. The van der Waals surface area contributed by atoms with E-state index in [4.69, 9.17) is 11.6 Å². The average molecular weight is 307 g/mol. The van der Waals surface area contributed by atoms with Crippen LogP contribution in [0.4, 0.5) is 4.39 Å². The molecule has 0 spiro atoms. The van der Waals surface area contributed by atoms with Crippen molar-refractivity contribution < 1.29 is 9.18 Å². The Bertz CT molecular complexity index is 450. The molecule has 1 aliphatic heterocycles. The first kappa shape index (κ1) is 16.2. The van der Waals surface area contributed by atoms with Gasteiger partial charge in [-0.1, -0.05) is 17.7 Å². The number of nitrogens with zero attached hydrogens (tertiary/aromatic N) is 1. The van der Waals surface area contributed by atoms with Crippen LogP contribution in [-0.2, 0) is 0 Å². The molecule has 106 valence electrons. The summed E-state index contributed by atoms with van der Waals surface area (Å²) in [7, 11) is 1.72. The lowest BCUT2D eigenvalue weighted by Gasteiger charge is -2.31. The zero-order valence-electron chi connectivity index (χ0n) is 10.7. The molecule has 1 amide bonds. The van der Waals surface area contributed by atoms with E-state index < -0.39 is 5.82 Å². The van der Waals surface area contributed by atoms with E-state index in [0.717, 1.165) is 25.9 Å². The summed E-state index contributed by atoms with van der Waals surface area (Å²) < 4.78 is 13.8. The molecule has 1 fully saturated rings. The first-order valence-electron chi connectivity index (χ1n) is 6.03. The Hall–Kier alpha value is -0.840. The quantitative estimate of drug-likeness (QED) is 0.911. The summed E-state index contributed by atoms with van der Waals surface area (Å²) in [4.78, 5) is 13.8. The molecule has 1 aromatic rings. The lowest BCUT2D eigenvalue weighted by Crippen LogP contribution is -2.44. The lowest BCUT2D eigenvalue weighted by molar-refractivity contribution is 0.0698. The van der Waals surface area contributed by atoms with E-state index in [0.29, 0.717) is 0 Å². The molecule has 2 rings (SSSR count). The Morgan fingerprint density at radius 2 is 2.05 bits per heavy atom. The maximum Gasteiger partial charge on any atom is 0.256 e. The van der Waals surface area contributed by atoms with Gasteiger partial charge in [0.2, 0.25) is 0 Å². The summed E-state index contributed by atoms with van der Waals surface area (Å²) in [6.07, 6.45) is 1.79. The predicted molar refractivity (Wildman–Crippen MR) is 76.6 cm³/mol. The van der Waals surface area contributed by atoms with E-state index in [-0.39, 0.29) is 34.9 Å². The molecule has 0 saturated carbocycles. The van der Waals surface area contributed by atoms with E-state index in [1.165, 1.54) is 12.1 Å². The molecule has 0 atom stereocenters. The van der Waals surface area contributed by atoms with E-state index in [2.05, 4.69) is 5.32 Å². The number of hydrogen-bond acceptors (Lipinski definition) is 2. The normalized spacial score (nSPS) is 15.7. The van der Waals surface area contributed by atoms with Gasteiger partial charge < -0.3 is 10.2 Å². The van der Waals surface area contributed by atoms with Crippen molar-refractivity contribution in [2.75, 3.05) is 20.1 Å². The maximum absolute atomic E-state index is 13.8. The van der Waals surface area contributed by atoms with Crippen molar-refractivity contribution in [2.45, 2.75) is 18.9 Å². The molecule has 0 unspecified atom stereocenters. The molecule has 19 heavy (non-hydrogen) atoms. The molecule has 3 nitrogen and oxygen atoms in total. The third-order valence-corrected chi connectivity index (χ3v) is 3.65. The van der Waals surface area contributed by atoms with Crippen LogP contribution in [0.15, 0.2) is 18.2 Å². The summed E-state index contributed by atoms with van der Waals surface area (Å²) in [6.45, 7) is 1.78. The van der Waals surface area contributed by atoms with Crippen LogP contribution >= 0.6 is 24.0 Å². The third kappa shape index (κ3) is 3.59. The van der Waals surface area contributed by atoms with Gasteiger partial charge in [0, 0.05) is 13.1 Å². The maximum atomic E-state index is 13.8. The van der Waals surface area contributed by atoms with Crippen molar-refractivity contribution in [3.05, 3.63) is 34.6 Å². The first-order valence-corrected chi connectivity index (χ1v) is 6.41. The van der Waals surface area contributed by atoms with Gasteiger partial charge in [-0.05, 0) is 38.1 Å². The average Bonchev–Trinajstić information content (AvgIpc) is 2.41. The number of nitrogens with one attached hydrogen (secondary N) is 1. The van der Waals surface area contributed by atoms with Gasteiger partial charge in [0.05, 0.1) is 10.6 Å². The van der Waals surface area contributed by atoms with E-state index in [9.17, 15) is 9.18 Å². The highest BCUT2D eigenvalue weighted by molar-refractivity contribution is 6.31. The fourth-order valence-corrected chi connectivity index (χ4v) is 2.39. The minimum atomic E-state index is -0.634. The molecule has 1 N–H and O–H groups in total. The topological polar surface area (TPSA) is 32.3 Å². The Morgan fingerprint density at radius 3 is 2.68 bits per heavy atom. The van der Waals surface area contributed by atoms with E-state index >= 15 is 0 Å². The molecule has 6 heteroatoms. The smallest absolute Gasteiger partial charge is 0.256 e. The van der Waals surface area contributed by atoms with Gasteiger partial charge in [0.15, 0.2) is 5.82 Å². The molecule has 1 saturated heterocycles. The Kier molecular flexibility index (Phi) is 6.04. The van der Waals surface area contributed by atoms with Crippen molar-refractivity contribution in [1.82, 2.24) is 10.2 Å². The van der Waals surface area contributed by atoms with E-state index in [1.54, 1.807) is 18.0 Å². The first-order chi connectivity index (χ1) is 8.61. The van der Waals surface area contributed by atoms with Gasteiger partial charge in [0.1, 0.15) is 0 Å². The van der Waals surface area contributed by atoms with Gasteiger partial charge in [-0.25, -0.2) is 4.39 Å². The summed E-state index contributed by atoms with van der Waals surface area (Å²) in [5, 5.41) is 3.22. The van der Waals surface area contributed by atoms with Gasteiger partial charge >= 0.3 is 0 Å². The van der Waals surface area contributed by atoms with Crippen LogP contribution in [0.25, 0.3) is 0 Å². The van der Waals surface area contributed by atoms with Crippen molar-refractivity contribution in [3.63, 3.8) is 0 Å². The number of carbonyl (C=O) groups excluding carboxylic acids is 1. The summed E-state index contributed by atoms with van der Waals surface area (Å²) in [5.74, 6) is -0.938. The highest BCUT2D eigenvalue weighted by atomic mass is 35.5. The fraction of sp³-hybridized carbons (Fsp3) is 0.462. The molecule has 1 aromatic carbocycles. The highest BCUT2D eigenvalue weighted by Gasteiger charge is 2.25. The fourth-order valence-electron chi connectivity index (χ4n) is 2.22. The van der Waals surface area contributed by atoms with Gasteiger partial charge in [-0.3, -0.25) is 4.79 Å². The van der Waals surface area contributed by atoms with Gasteiger partial charge in [-0.15, -0.1) is 12.4 Å². The van der Waals surface area contributed by atoms with Crippen molar-refractivity contribution in [3.8, 4) is 0 Å². The summed E-state index contributed by atoms with van der Waals surface area (Å²) in [5.41, 5.74) is 0.0449. The van der Waals surface area contributed by atoms with E-state index in [1.807, 2.05) is 0 Å². The molecule has 1 aliphatic rings. The third-order valence-electron chi connectivity index (χ3n) is 3.36. The van der Waals surface area contributed by atoms with Crippen LogP contribution in [0, 0.1) is 5.82 Å². The number of halogens is 3. The molecule has 0 aliphatic carbocycles. The second-order valence-corrected chi connectivity index (χ2v) is 4.91. The van der Waals surface area contributed by atoms with Crippen LogP contribution < -0.4 is 5.32 Å². The van der Waals surface area contributed by atoms with Crippen molar-refractivity contribution in [1.29, 1.82) is 0 Å². The second kappa shape index (κ2) is 7.08. The molecule has 0 aromatic heterocycles. The zero-order valence-corrected chi connectivity index (χ0v) is 12.2. The van der Waals surface area contributed by atoms with Crippen LogP contribution in [0.2, 0.25) is 5.02 Å². The molecule has 0 radical (unpaired) electrons. The Balaban J connectivity index is 0.00000180. The van der Waals surface area contributed by atoms with Crippen molar-refractivity contribution in [2.24, 2.45) is 0 Å². The Labute approximate surface area is 123 Å². The van der Waals surface area contributed by atoms with Gasteiger partial charge in [-0.2, -0.15) is 0 Å². The summed E-state index contributed by atoms with van der Waals surface area (Å²) in [6, 6.07) is 4.67.